The number of aliphatic hydroxyl groups excluding tert-OH is 1. The maximum Gasteiger partial charge on any atom is 0.317 e. The van der Waals surface area contributed by atoms with Crippen molar-refractivity contribution in [2.75, 3.05) is 26.7 Å². The second kappa shape index (κ2) is 6.54. The van der Waals surface area contributed by atoms with E-state index in [1.54, 1.807) is 41.2 Å². The van der Waals surface area contributed by atoms with Gasteiger partial charge in [0.05, 0.1) is 24.2 Å². The number of hydrogen-bond acceptors (Lipinski definition) is 5. The lowest BCUT2D eigenvalue weighted by Gasteiger charge is -2.24. The van der Waals surface area contributed by atoms with Crippen LogP contribution in [0.25, 0.3) is 10.9 Å². The summed E-state index contributed by atoms with van der Waals surface area (Å²) in [7, 11) is 1.64. The number of likely N-dealkylation sites (tertiary alicyclic amines) is 1. The zero-order chi connectivity index (χ0) is 17.3. The summed E-state index contributed by atoms with van der Waals surface area (Å²) in [5.41, 5.74) is 1.27. The Morgan fingerprint density at radius 1 is 1.29 bits per heavy atom. The summed E-state index contributed by atoms with van der Waals surface area (Å²) in [5, 5.41) is 19.9. The predicted octanol–water partition coefficient (Wildman–Crippen LogP) is 0.436. The molecule has 1 aliphatic rings. The molecule has 0 spiro atoms. The number of carbonyl (C=O) groups is 2. The first-order valence-electron chi connectivity index (χ1n) is 7.70. The SMILES string of the molecule is CN(CC(=O)O)C1CN(C(=O)c2cccc3ncccc23)C[C@H]1O. The van der Waals surface area contributed by atoms with Crippen molar-refractivity contribution < 1.29 is 19.8 Å². The van der Waals surface area contributed by atoms with E-state index >= 15 is 0 Å². The number of pyridine rings is 1. The molecule has 0 radical (unpaired) electrons. The van der Waals surface area contributed by atoms with Crippen LogP contribution in [0.4, 0.5) is 0 Å². The molecule has 0 saturated carbocycles. The summed E-state index contributed by atoms with van der Waals surface area (Å²) in [6.07, 6.45) is 0.902. The quantitative estimate of drug-likeness (QED) is 0.845. The van der Waals surface area contributed by atoms with Crippen molar-refractivity contribution in [2.24, 2.45) is 0 Å². The first-order valence-corrected chi connectivity index (χ1v) is 7.70. The maximum atomic E-state index is 12.8. The number of hydrogen-bond donors (Lipinski definition) is 2. The zero-order valence-electron chi connectivity index (χ0n) is 13.3. The lowest BCUT2D eigenvalue weighted by atomic mass is 10.1. The number of aliphatic hydroxyl groups is 1. The van der Waals surface area contributed by atoms with Crippen LogP contribution in [0.5, 0.6) is 0 Å². The van der Waals surface area contributed by atoms with Crippen LogP contribution in [0.15, 0.2) is 36.5 Å². The normalized spacial score (nSPS) is 20.7. The molecule has 3 rings (SSSR count). The number of carbonyl (C=O) groups excluding carboxylic acids is 1. The molecule has 2 atom stereocenters. The molecule has 7 heteroatoms. The van der Waals surface area contributed by atoms with Gasteiger partial charge >= 0.3 is 5.97 Å². The first kappa shape index (κ1) is 16.4. The number of likely N-dealkylation sites (N-methyl/N-ethyl adjacent to an activating group) is 1. The summed E-state index contributed by atoms with van der Waals surface area (Å²) in [6.45, 7) is 0.298. The molecule has 7 nitrogen and oxygen atoms in total. The van der Waals surface area contributed by atoms with Gasteiger partial charge in [-0.25, -0.2) is 0 Å². The third kappa shape index (κ3) is 3.08. The third-order valence-corrected chi connectivity index (χ3v) is 4.37. The largest absolute Gasteiger partial charge is 0.480 e. The monoisotopic (exact) mass is 329 g/mol. The number of benzene rings is 1. The highest BCUT2D eigenvalue weighted by Crippen LogP contribution is 2.22. The van der Waals surface area contributed by atoms with E-state index in [2.05, 4.69) is 4.98 Å². The lowest BCUT2D eigenvalue weighted by molar-refractivity contribution is -0.138. The number of aliphatic carboxylic acids is 1. The van der Waals surface area contributed by atoms with Gasteiger partial charge in [0.25, 0.3) is 5.91 Å². The number of carboxylic acids is 1. The minimum absolute atomic E-state index is 0.179. The highest BCUT2D eigenvalue weighted by molar-refractivity contribution is 6.06. The molecule has 2 aromatic rings. The number of β-amino-alcohol motifs (C(OH)–C–C–N with tert-alkyl or cyclic N) is 1. The topological polar surface area (TPSA) is 94.0 Å². The number of nitrogens with zero attached hydrogens (tertiary/aromatic N) is 3. The van der Waals surface area contributed by atoms with E-state index in [1.807, 2.05) is 12.1 Å². The highest BCUT2D eigenvalue weighted by Gasteiger charge is 2.37. The summed E-state index contributed by atoms with van der Waals surface area (Å²) in [4.78, 5) is 31.1. The van der Waals surface area contributed by atoms with Gasteiger partial charge in [0, 0.05) is 30.2 Å². The predicted molar refractivity (Wildman–Crippen MR) is 87.7 cm³/mol. The van der Waals surface area contributed by atoms with Gasteiger partial charge in [0.1, 0.15) is 0 Å². The van der Waals surface area contributed by atoms with Crippen molar-refractivity contribution in [3.63, 3.8) is 0 Å². The number of aromatic nitrogens is 1. The van der Waals surface area contributed by atoms with Gasteiger partial charge in [0.2, 0.25) is 0 Å². The van der Waals surface area contributed by atoms with Crippen LogP contribution in [0.3, 0.4) is 0 Å². The fraction of sp³-hybridized carbons (Fsp3) is 0.353. The van der Waals surface area contributed by atoms with Gasteiger partial charge in [0.15, 0.2) is 0 Å². The van der Waals surface area contributed by atoms with E-state index in [9.17, 15) is 14.7 Å². The summed E-state index contributed by atoms with van der Waals surface area (Å²) in [5.74, 6) is -1.14. The van der Waals surface area contributed by atoms with Crippen LogP contribution < -0.4 is 0 Å². The number of amides is 1. The Balaban J connectivity index is 1.82. The van der Waals surface area contributed by atoms with Crippen LogP contribution in [0.2, 0.25) is 0 Å². The Morgan fingerprint density at radius 3 is 2.83 bits per heavy atom. The summed E-state index contributed by atoms with van der Waals surface area (Å²) < 4.78 is 0. The molecule has 1 aliphatic heterocycles. The lowest BCUT2D eigenvalue weighted by Crippen LogP contribution is -2.43. The van der Waals surface area contributed by atoms with E-state index in [0.717, 1.165) is 10.9 Å². The molecule has 1 fully saturated rings. The minimum Gasteiger partial charge on any atom is -0.480 e. The van der Waals surface area contributed by atoms with Gasteiger partial charge in [-0.2, -0.15) is 0 Å². The molecule has 0 aliphatic carbocycles. The number of fused-ring (bicyclic) bond motifs is 1. The summed E-state index contributed by atoms with van der Waals surface area (Å²) >= 11 is 0. The molecule has 1 unspecified atom stereocenters. The molecule has 1 amide bonds. The van der Waals surface area contributed by atoms with E-state index in [-0.39, 0.29) is 19.0 Å². The molecule has 126 valence electrons. The molecular weight excluding hydrogens is 310 g/mol. The molecule has 1 aromatic carbocycles. The smallest absolute Gasteiger partial charge is 0.317 e. The van der Waals surface area contributed by atoms with Crippen LogP contribution in [0.1, 0.15) is 10.4 Å². The molecule has 1 aromatic heterocycles. The molecular formula is C17H19N3O4. The third-order valence-electron chi connectivity index (χ3n) is 4.37. The minimum atomic E-state index is -0.963. The number of rotatable bonds is 4. The van der Waals surface area contributed by atoms with Gasteiger partial charge in [-0.15, -0.1) is 0 Å². The van der Waals surface area contributed by atoms with E-state index in [0.29, 0.717) is 12.1 Å². The Labute approximate surface area is 139 Å². The van der Waals surface area contributed by atoms with E-state index < -0.39 is 18.1 Å². The van der Waals surface area contributed by atoms with Crippen LogP contribution >= 0.6 is 0 Å². The average Bonchev–Trinajstić information content (AvgIpc) is 2.95. The van der Waals surface area contributed by atoms with Crippen LogP contribution in [-0.4, -0.2) is 75.7 Å². The molecule has 0 bridgehead atoms. The van der Waals surface area contributed by atoms with Crippen molar-refractivity contribution in [3.8, 4) is 0 Å². The van der Waals surface area contributed by atoms with Crippen molar-refractivity contribution >= 4 is 22.8 Å². The fourth-order valence-electron chi connectivity index (χ4n) is 3.16. The van der Waals surface area contributed by atoms with Crippen molar-refractivity contribution in [1.82, 2.24) is 14.8 Å². The summed E-state index contributed by atoms with van der Waals surface area (Å²) in [6, 6.07) is 8.60. The van der Waals surface area contributed by atoms with E-state index in [1.165, 1.54) is 0 Å². The molecule has 24 heavy (non-hydrogen) atoms. The average molecular weight is 329 g/mol. The molecule has 2 N–H and O–H groups in total. The standard InChI is InChI=1S/C17H19N3O4/c1-19(10-16(22)23)14-8-20(9-15(14)21)17(24)12-4-2-6-13-11(12)5-3-7-18-13/h2-7,14-15,21H,8-10H2,1H3,(H,22,23)/t14?,15-/m1/s1. The fourth-order valence-corrected chi connectivity index (χ4v) is 3.16. The van der Waals surface area contributed by atoms with E-state index in [4.69, 9.17) is 5.11 Å². The Morgan fingerprint density at radius 2 is 2.08 bits per heavy atom. The molecule has 2 heterocycles. The second-order valence-corrected chi connectivity index (χ2v) is 6.03. The van der Waals surface area contributed by atoms with Crippen molar-refractivity contribution in [1.29, 1.82) is 0 Å². The first-order chi connectivity index (χ1) is 11.5. The van der Waals surface area contributed by atoms with Crippen LogP contribution in [0, 0.1) is 0 Å². The Bertz CT molecular complexity index is 774. The highest BCUT2D eigenvalue weighted by atomic mass is 16.4. The van der Waals surface area contributed by atoms with Gasteiger partial charge in [-0.3, -0.25) is 19.5 Å². The molecule has 1 saturated heterocycles. The number of carboxylic acid groups (broad SMARTS) is 1. The maximum absolute atomic E-state index is 12.8. The Hall–Kier alpha value is -2.51. The van der Waals surface area contributed by atoms with Crippen molar-refractivity contribution in [3.05, 3.63) is 42.1 Å². The van der Waals surface area contributed by atoms with Gasteiger partial charge < -0.3 is 15.1 Å². The van der Waals surface area contributed by atoms with Gasteiger partial charge in [-0.05, 0) is 25.2 Å². The van der Waals surface area contributed by atoms with Crippen LogP contribution in [-0.2, 0) is 4.79 Å². The second-order valence-electron chi connectivity index (χ2n) is 6.03. The zero-order valence-corrected chi connectivity index (χ0v) is 13.3. The Kier molecular flexibility index (Phi) is 4.46. The van der Waals surface area contributed by atoms with Crippen molar-refractivity contribution in [2.45, 2.75) is 12.1 Å². The van der Waals surface area contributed by atoms with Gasteiger partial charge in [-0.1, -0.05) is 12.1 Å².